The molecular formula is C23H22FN5O4. The Bertz CT molecular complexity index is 1350. The first kappa shape index (κ1) is 22.0. The summed E-state index contributed by atoms with van der Waals surface area (Å²) in [6, 6.07) is 11.0. The molecule has 0 saturated carbocycles. The molecule has 170 valence electrons. The van der Waals surface area contributed by atoms with Gasteiger partial charge >= 0.3 is 0 Å². The molecule has 2 aromatic heterocycles. The zero-order chi connectivity index (χ0) is 23.4. The molecule has 4 aromatic rings. The molecule has 0 aliphatic heterocycles. The van der Waals surface area contributed by atoms with Crippen LogP contribution in [-0.4, -0.2) is 46.0 Å². The Balaban J connectivity index is 1.46. The van der Waals surface area contributed by atoms with E-state index in [1.807, 2.05) is 0 Å². The zero-order valence-corrected chi connectivity index (χ0v) is 18.1. The molecule has 0 saturated heterocycles. The number of methoxy groups -OCH3 is 2. The first-order valence-corrected chi connectivity index (χ1v) is 10.2. The first-order chi connectivity index (χ1) is 16.0. The summed E-state index contributed by atoms with van der Waals surface area (Å²) in [7, 11) is 2.97. The molecule has 10 heteroatoms. The van der Waals surface area contributed by atoms with Crippen LogP contribution >= 0.6 is 0 Å². The normalized spacial score (nSPS) is 10.9. The summed E-state index contributed by atoms with van der Waals surface area (Å²) in [4.78, 5) is 29.8. The minimum Gasteiger partial charge on any atom is -0.493 e. The summed E-state index contributed by atoms with van der Waals surface area (Å²) in [5, 5.41) is 7.42. The number of ether oxygens (including phenoxy) is 2. The highest BCUT2D eigenvalue weighted by atomic mass is 19.1. The smallest absolute Gasteiger partial charge is 0.264 e. The minimum atomic E-state index is -0.335. The molecule has 1 N–H and O–H groups in total. The fourth-order valence-electron chi connectivity index (χ4n) is 3.50. The summed E-state index contributed by atoms with van der Waals surface area (Å²) in [5.41, 5.74) is 1.30. The van der Waals surface area contributed by atoms with Crippen LogP contribution in [0, 0.1) is 5.82 Å². The van der Waals surface area contributed by atoms with Gasteiger partial charge < -0.3 is 14.8 Å². The monoisotopic (exact) mass is 451 g/mol. The van der Waals surface area contributed by atoms with Crippen molar-refractivity contribution in [3.05, 3.63) is 82.3 Å². The summed E-state index contributed by atoms with van der Waals surface area (Å²) in [6.07, 6.45) is 2.89. The molecule has 0 bridgehead atoms. The fourth-order valence-corrected chi connectivity index (χ4v) is 3.50. The van der Waals surface area contributed by atoms with Crippen LogP contribution in [0.1, 0.15) is 15.9 Å². The summed E-state index contributed by atoms with van der Waals surface area (Å²) >= 11 is 0. The van der Waals surface area contributed by atoms with E-state index in [2.05, 4.69) is 15.4 Å². The highest BCUT2D eigenvalue weighted by molar-refractivity contribution is 5.97. The lowest BCUT2D eigenvalue weighted by Crippen LogP contribution is -2.28. The Hall–Kier alpha value is -4.21. The number of nitrogens with one attached hydrogen (secondary N) is 1. The Morgan fingerprint density at radius 3 is 2.64 bits per heavy atom. The molecule has 0 fully saturated rings. The number of benzene rings is 2. The second-order valence-corrected chi connectivity index (χ2v) is 7.21. The largest absolute Gasteiger partial charge is 0.493 e. The Labute approximate surface area is 188 Å². The topological polar surface area (TPSA) is 100 Å². The molecule has 0 aliphatic rings. The molecule has 33 heavy (non-hydrogen) atoms. The molecular weight excluding hydrogens is 429 g/mol. The van der Waals surface area contributed by atoms with Crippen molar-refractivity contribution in [1.29, 1.82) is 0 Å². The van der Waals surface area contributed by atoms with Gasteiger partial charge in [0.05, 0.1) is 39.1 Å². The molecule has 1 amide bonds. The average Bonchev–Trinajstić information content (AvgIpc) is 3.25. The van der Waals surface area contributed by atoms with Crippen LogP contribution in [0.5, 0.6) is 11.5 Å². The zero-order valence-electron chi connectivity index (χ0n) is 18.1. The summed E-state index contributed by atoms with van der Waals surface area (Å²) < 4.78 is 26.6. The van der Waals surface area contributed by atoms with Gasteiger partial charge in [-0.2, -0.15) is 5.10 Å². The van der Waals surface area contributed by atoms with E-state index in [0.29, 0.717) is 34.6 Å². The minimum absolute atomic E-state index is 0.249. The van der Waals surface area contributed by atoms with Gasteiger partial charge in [0, 0.05) is 6.54 Å². The number of halogens is 1. The van der Waals surface area contributed by atoms with E-state index in [-0.39, 0.29) is 30.4 Å². The standard InChI is InChI=1S/C23H22FN5O4/c1-32-19-5-3-4-17(20(19)33-2)22(30)25-10-11-29-21-18(12-27-29)23(31)28(14-26-21)13-15-6-8-16(24)9-7-15/h3-9,12,14H,10-11,13H2,1-2H3,(H,25,30). The molecule has 2 aromatic carbocycles. The molecule has 0 spiro atoms. The third kappa shape index (κ3) is 4.54. The van der Waals surface area contributed by atoms with Gasteiger partial charge in [-0.15, -0.1) is 0 Å². The number of carbonyl (C=O) groups excluding carboxylic acids is 1. The number of rotatable bonds is 8. The van der Waals surface area contributed by atoms with Crippen LogP contribution in [0.4, 0.5) is 4.39 Å². The predicted molar refractivity (Wildman–Crippen MR) is 119 cm³/mol. The number of hydrogen-bond donors (Lipinski definition) is 1. The number of nitrogens with zero attached hydrogens (tertiary/aromatic N) is 4. The highest BCUT2D eigenvalue weighted by Gasteiger charge is 2.16. The molecule has 0 radical (unpaired) electrons. The number of para-hydroxylation sites is 1. The van der Waals surface area contributed by atoms with Gasteiger partial charge in [-0.05, 0) is 29.8 Å². The maximum absolute atomic E-state index is 13.1. The van der Waals surface area contributed by atoms with E-state index in [9.17, 15) is 14.0 Å². The van der Waals surface area contributed by atoms with Gasteiger partial charge in [-0.1, -0.05) is 18.2 Å². The lowest BCUT2D eigenvalue weighted by molar-refractivity contribution is 0.0948. The highest BCUT2D eigenvalue weighted by Crippen LogP contribution is 2.30. The Kier molecular flexibility index (Phi) is 6.34. The van der Waals surface area contributed by atoms with E-state index >= 15 is 0 Å². The number of amides is 1. The number of fused-ring (bicyclic) bond motifs is 1. The molecule has 0 atom stereocenters. The van der Waals surface area contributed by atoms with Gasteiger partial charge in [-0.25, -0.2) is 14.1 Å². The lowest BCUT2D eigenvalue weighted by atomic mass is 10.1. The maximum Gasteiger partial charge on any atom is 0.264 e. The van der Waals surface area contributed by atoms with E-state index in [0.717, 1.165) is 5.56 Å². The fraction of sp³-hybridized carbons (Fsp3) is 0.217. The van der Waals surface area contributed by atoms with Gasteiger partial charge in [0.25, 0.3) is 11.5 Å². The Morgan fingerprint density at radius 1 is 1.12 bits per heavy atom. The third-order valence-electron chi connectivity index (χ3n) is 5.15. The van der Waals surface area contributed by atoms with Gasteiger partial charge in [0.2, 0.25) is 0 Å². The number of carbonyl (C=O) groups is 1. The van der Waals surface area contributed by atoms with Gasteiger partial charge in [0.15, 0.2) is 17.1 Å². The van der Waals surface area contributed by atoms with E-state index < -0.39 is 0 Å². The van der Waals surface area contributed by atoms with Crippen molar-refractivity contribution in [2.24, 2.45) is 0 Å². The van der Waals surface area contributed by atoms with Crippen molar-refractivity contribution in [3.63, 3.8) is 0 Å². The van der Waals surface area contributed by atoms with Crippen molar-refractivity contribution in [1.82, 2.24) is 24.6 Å². The van der Waals surface area contributed by atoms with Crippen molar-refractivity contribution >= 4 is 16.9 Å². The molecule has 0 unspecified atom stereocenters. The lowest BCUT2D eigenvalue weighted by Gasteiger charge is -2.12. The van der Waals surface area contributed by atoms with Crippen molar-refractivity contribution < 1.29 is 18.7 Å². The van der Waals surface area contributed by atoms with Gasteiger partial charge in [0.1, 0.15) is 17.5 Å². The Morgan fingerprint density at radius 2 is 1.91 bits per heavy atom. The summed E-state index contributed by atoms with van der Waals surface area (Å²) in [5.74, 6) is 0.157. The van der Waals surface area contributed by atoms with Crippen LogP contribution in [-0.2, 0) is 13.1 Å². The van der Waals surface area contributed by atoms with Crippen LogP contribution in [0.15, 0.2) is 59.8 Å². The maximum atomic E-state index is 13.1. The van der Waals surface area contributed by atoms with Crippen molar-refractivity contribution in [2.45, 2.75) is 13.1 Å². The predicted octanol–water partition coefficient (Wildman–Crippen LogP) is 2.23. The van der Waals surface area contributed by atoms with E-state index in [1.54, 1.807) is 35.0 Å². The second kappa shape index (κ2) is 9.51. The molecule has 9 nitrogen and oxygen atoms in total. The molecule has 0 aliphatic carbocycles. The number of aromatic nitrogens is 4. The quantitative estimate of drug-likeness (QED) is 0.441. The van der Waals surface area contributed by atoms with E-state index in [1.165, 1.54) is 43.4 Å². The van der Waals surface area contributed by atoms with E-state index in [4.69, 9.17) is 9.47 Å². The average molecular weight is 451 g/mol. The van der Waals surface area contributed by atoms with Gasteiger partial charge in [-0.3, -0.25) is 14.2 Å². The SMILES string of the molecule is COc1cccc(C(=O)NCCn2ncc3c(=O)n(Cc4ccc(F)cc4)cnc32)c1OC. The van der Waals surface area contributed by atoms with Crippen LogP contribution in [0.25, 0.3) is 11.0 Å². The first-order valence-electron chi connectivity index (χ1n) is 10.2. The van der Waals surface area contributed by atoms with Crippen molar-refractivity contribution in [3.8, 4) is 11.5 Å². The van der Waals surface area contributed by atoms with Crippen molar-refractivity contribution in [2.75, 3.05) is 20.8 Å². The molecule has 4 rings (SSSR count). The third-order valence-corrected chi connectivity index (χ3v) is 5.15. The van der Waals surface area contributed by atoms with Crippen LogP contribution in [0.2, 0.25) is 0 Å². The van der Waals surface area contributed by atoms with Crippen LogP contribution in [0.3, 0.4) is 0 Å². The van der Waals surface area contributed by atoms with Crippen LogP contribution < -0.4 is 20.3 Å². The second-order valence-electron chi connectivity index (χ2n) is 7.21. The number of hydrogen-bond acceptors (Lipinski definition) is 6. The molecule has 2 heterocycles. The summed E-state index contributed by atoms with van der Waals surface area (Å²) in [6.45, 7) is 0.845.